The third kappa shape index (κ3) is 3.09. The second-order valence-electron chi connectivity index (χ2n) is 5.84. The highest BCUT2D eigenvalue weighted by molar-refractivity contribution is 5.84. The highest BCUT2D eigenvalue weighted by atomic mass is 16.5. The molecular formula is C14H27N3O2. The van der Waals surface area contributed by atoms with Gasteiger partial charge in [0.15, 0.2) is 0 Å². The summed E-state index contributed by atoms with van der Waals surface area (Å²) in [5.41, 5.74) is 5.10. The third-order valence-electron chi connectivity index (χ3n) is 4.82. The van der Waals surface area contributed by atoms with E-state index in [1.165, 1.54) is 0 Å². The van der Waals surface area contributed by atoms with Gasteiger partial charge in [-0.3, -0.25) is 9.69 Å². The minimum absolute atomic E-state index is 0.208. The predicted octanol–water partition coefficient (Wildman–Crippen LogP) is 0.483. The predicted molar refractivity (Wildman–Crippen MR) is 74.8 cm³/mol. The summed E-state index contributed by atoms with van der Waals surface area (Å²) in [7, 11) is 1.85. The molecule has 0 radical (unpaired) electrons. The molecule has 0 spiro atoms. The molecule has 5 heteroatoms. The second kappa shape index (κ2) is 6.20. The highest BCUT2D eigenvalue weighted by Gasteiger charge is 2.42. The summed E-state index contributed by atoms with van der Waals surface area (Å²) < 4.78 is 5.73. The number of primary amides is 1. The molecule has 2 fully saturated rings. The standard InChI is InChI=1S/C14H27N3O2/c1-3-12-10-17(7-8-19-12)11-5-4-6-14(9-11,16-2)13(15)18/h11-12,16H,3-10H2,1-2H3,(H2,15,18). The fraction of sp³-hybridized carbons (Fsp3) is 0.929. The van der Waals surface area contributed by atoms with Crippen molar-refractivity contribution in [2.45, 2.75) is 56.7 Å². The maximum atomic E-state index is 11.8. The average molecular weight is 269 g/mol. The highest BCUT2D eigenvalue weighted by Crippen LogP contribution is 2.32. The molecule has 0 aromatic heterocycles. The number of carbonyl (C=O) groups excluding carboxylic acids is 1. The van der Waals surface area contributed by atoms with Crippen molar-refractivity contribution >= 4 is 5.91 Å². The zero-order valence-corrected chi connectivity index (χ0v) is 12.2. The Bertz CT molecular complexity index is 324. The van der Waals surface area contributed by atoms with Crippen molar-refractivity contribution in [1.82, 2.24) is 10.2 Å². The first kappa shape index (κ1) is 14.8. The SMILES string of the molecule is CCC1CN(C2CCCC(NC)(C(N)=O)C2)CCO1. The van der Waals surface area contributed by atoms with Gasteiger partial charge in [0.25, 0.3) is 0 Å². The summed E-state index contributed by atoms with van der Waals surface area (Å²) in [6, 6.07) is 0.451. The molecule has 0 bridgehead atoms. The Morgan fingerprint density at radius 1 is 1.58 bits per heavy atom. The maximum Gasteiger partial charge on any atom is 0.237 e. The first-order valence-corrected chi connectivity index (χ1v) is 7.46. The molecule has 1 aliphatic heterocycles. The van der Waals surface area contributed by atoms with Gasteiger partial charge in [-0.1, -0.05) is 6.92 Å². The van der Waals surface area contributed by atoms with Crippen molar-refractivity contribution in [2.24, 2.45) is 5.73 Å². The quantitative estimate of drug-likeness (QED) is 0.779. The largest absolute Gasteiger partial charge is 0.376 e. The molecule has 1 saturated carbocycles. The van der Waals surface area contributed by atoms with E-state index in [0.717, 1.165) is 51.8 Å². The summed E-state index contributed by atoms with van der Waals surface area (Å²) in [6.45, 7) is 4.92. The van der Waals surface area contributed by atoms with E-state index in [9.17, 15) is 4.79 Å². The van der Waals surface area contributed by atoms with Gasteiger partial charge in [-0.2, -0.15) is 0 Å². The fourth-order valence-electron chi connectivity index (χ4n) is 3.45. The Morgan fingerprint density at radius 2 is 2.37 bits per heavy atom. The van der Waals surface area contributed by atoms with Crippen molar-refractivity contribution < 1.29 is 9.53 Å². The second-order valence-corrected chi connectivity index (χ2v) is 5.84. The average Bonchev–Trinajstić information content (AvgIpc) is 2.47. The molecule has 2 rings (SSSR count). The number of nitrogens with one attached hydrogen (secondary N) is 1. The molecule has 3 N–H and O–H groups in total. The molecule has 0 aromatic rings. The van der Waals surface area contributed by atoms with E-state index in [4.69, 9.17) is 10.5 Å². The Balaban J connectivity index is 2.02. The number of likely N-dealkylation sites (N-methyl/N-ethyl adjacent to an activating group) is 1. The molecule has 1 aliphatic carbocycles. The van der Waals surface area contributed by atoms with Crippen LogP contribution in [0.1, 0.15) is 39.0 Å². The lowest BCUT2D eigenvalue weighted by Gasteiger charge is -2.45. The van der Waals surface area contributed by atoms with Crippen molar-refractivity contribution in [3.8, 4) is 0 Å². The number of nitrogens with zero attached hydrogens (tertiary/aromatic N) is 1. The number of nitrogens with two attached hydrogens (primary N) is 1. The van der Waals surface area contributed by atoms with Crippen LogP contribution in [0.25, 0.3) is 0 Å². The molecule has 0 aromatic carbocycles. The number of carbonyl (C=O) groups is 1. The van der Waals surface area contributed by atoms with Gasteiger partial charge in [0, 0.05) is 19.1 Å². The van der Waals surface area contributed by atoms with Gasteiger partial charge in [-0.05, 0) is 39.2 Å². The lowest BCUT2D eigenvalue weighted by atomic mass is 9.77. The van der Waals surface area contributed by atoms with E-state index in [-0.39, 0.29) is 5.91 Å². The molecular weight excluding hydrogens is 242 g/mol. The van der Waals surface area contributed by atoms with E-state index in [1.54, 1.807) is 0 Å². The summed E-state index contributed by atoms with van der Waals surface area (Å²) in [5.74, 6) is -0.208. The molecule has 1 heterocycles. The zero-order valence-electron chi connectivity index (χ0n) is 12.2. The lowest BCUT2D eigenvalue weighted by molar-refractivity contribution is -0.127. The van der Waals surface area contributed by atoms with E-state index < -0.39 is 5.54 Å². The molecule has 1 amide bonds. The Labute approximate surface area is 115 Å². The summed E-state index contributed by atoms with van der Waals surface area (Å²) in [6.07, 6.45) is 5.30. The van der Waals surface area contributed by atoms with Crippen LogP contribution in [0, 0.1) is 0 Å². The first-order chi connectivity index (χ1) is 9.11. The molecule has 5 nitrogen and oxygen atoms in total. The number of hydrogen-bond donors (Lipinski definition) is 2. The van der Waals surface area contributed by atoms with Crippen LogP contribution in [-0.4, -0.2) is 55.2 Å². The third-order valence-corrected chi connectivity index (χ3v) is 4.82. The zero-order chi connectivity index (χ0) is 13.9. The van der Waals surface area contributed by atoms with Crippen LogP contribution < -0.4 is 11.1 Å². The van der Waals surface area contributed by atoms with Crippen LogP contribution >= 0.6 is 0 Å². The van der Waals surface area contributed by atoms with Crippen LogP contribution in [-0.2, 0) is 9.53 Å². The van der Waals surface area contributed by atoms with Crippen LogP contribution in [0.5, 0.6) is 0 Å². The maximum absolute atomic E-state index is 11.8. The number of hydrogen-bond acceptors (Lipinski definition) is 4. The van der Waals surface area contributed by atoms with Gasteiger partial charge in [-0.25, -0.2) is 0 Å². The molecule has 2 aliphatic rings. The fourth-order valence-corrected chi connectivity index (χ4v) is 3.45. The Morgan fingerprint density at radius 3 is 3.00 bits per heavy atom. The number of rotatable bonds is 4. The minimum Gasteiger partial charge on any atom is -0.376 e. The van der Waals surface area contributed by atoms with Crippen molar-refractivity contribution in [2.75, 3.05) is 26.7 Å². The number of ether oxygens (including phenoxy) is 1. The molecule has 3 unspecified atom stereocenters. The van der Waals surface area contributed by atoms with Crippen LogP contribution in [0.3, 0.4) is 0 Å². The van der Waals surface area contributed by atoms with Crippen LogP contribution in [0.2, 0.25) is 0 Å². The van der Waals surface area contributed by atoms with E-state index in [0.29, 0.717) is 12.1 Å². The van der Waals surface area contributed by atoms with Crippen molar-refractivity contribution in [1.29, 1.82) is 0 Å². The van der Waals surface area contributed by atoms with Gasteiger partial charge in [0.1, 0.15) is 0 Å². The summed E-state index contributed by atoms with van der Waals surface area (Å²) in [5, 5.41) is 3.18. The molecule has 110 valence electrons. The Hall–Kier alpha value is -0.650. The Kier molecular flexibility index (Phi) is 4.81. The van der Waals surface area contributed by atoms with E-state index in [1.807, 2.05) is 7.05 Å². The van der Waals surface area contributed by atoms with Gasteiger partial charge < -0.3 is 15.8 Å². The van der Waals surface area contributed by atoms with Gasteiger partial charge in [0.05, 0.1) is 18.2 Å². The normalized spacial score (nSPS) is 37.2. The molecule has 3 atom stereocenters. The van der Waals surface area contributed by atoms with E-state index >= 15 is 0 Å². The summed E-state index contributed by atoms with van der Waals surface area (Å²) >= 11 is 0. The topological polar surface area (TPSA) is 67.6 Å². The number of morpholine rings is 1. The summed E-state index contributed by atoms with van der Waals surface area (Å²) in [4.78, 5) is 14.3. The van der Waals surface area contributed by atoms with Gasteiger partial charge in [0.2, 0.25) is 5.91 Å². The van der Waals surface area contributed by atoms with Gasteiger partial charge >= 0.3 is 0 Å². The minimum atomic E-state index is -0.511. The monoisotopic (exact) mass is 269 g/mol. The van der Waals surface area contributed by atoms with Gasteiger partial charge in [-0.15, -0.1) is 0 Å². The van der Waals surface area contributed by atoms with Crippen LogP contribution in [0.4, 0.5) is 0 Å². The van der Waals surface area contributed by atoms with Crippen LogP contribution in [0.15, 0.2) is 0 Å². The number of amides is 1. The molecule has 1 saturated heterocycles. The van der Waals surface area contributed by atoms with E-state index in [2.05, 4.69) is 17.1 Å². The smallest absolute Gasteiger partial charge is 0.237 e. The lowest BCUT2D eigenvalue weighted by Crippen LogP contribution is -2.60. The van der Waals surface area contributed by atoms with Crippen molar-refractivity contribution in [3.63, 3.8) is 0 Å². The first-order valence-electron chi connectivity index (χ1n) is 7.46. The molecule has 19 heavy (non-hydrogen) atoms. The van der Waals surface area contributed by atoms with Crippen molar-refractivity contribution in [3.05, 3.63) is 0 Å².